The van der Waals surface area contributed by atoms with Crippen LogP contribution in [0.2, 0.25) is 0 Å². The summed E-state index contributed by atoms with van der Waals surface area (Å²) in [6.45, 7) is 7.01. The first-order valence-corrected chi connectivity index (χ1v) is 10.7. The zero-order valence-corrected chi connectivity index (χ0v) is 16.9. The zero-order valence-electron chi connectivity index (χ0n) is 16.1. The lowest BCUT2D eigenvalue weighted by atomic mass is 9.87. The molecule has 0 bridgehead atoms. The number of likely N-dealkylation sites (tertiary alicyclic amines) is 1. The largest absolute Gasteiger partial charge is 0.492 e. The van der Waals surface area contributed by atoms with E-state index in [9.17, 15) is 4.39 Å². The maximum absolute atomic E-state index is 12.9. The second-order valence-electron chi connectivity index (χ2n) is 7.50. The topological polar surface area (TPSA) is 37.4 Å². The number of thiazole rings is 1. The Bertz CT molecular complexity index is 865. The van der Waals surface area contributed by atoms with Gasteiger partial charge >= 0.3 is 0 Å². The van der Waals surface area contributed by atoms with Crippen molar-refractivity contribution < 1.29 is 9.13 Å². The number of hydrogen-bond donors (Lipinski definition) is 1. The molecular formula is C22H26FN3OS. The van der Waals surface area contributed by atoms with Crippen LogP contribution < -0.4 is 10.1 Å². The molecule has 1 aliphatic heterocycles. The Balaban J connectivity index is 1.20. The van der Waals surface area contributed by atoms with Crippen molar-refractivity contribution in [3.8, 4) is 5.75 Å². The first-order valence-electron chi connectivity index (χ1n) is 9.87. The van der Waals surface area contributed by atoms with Gasteiger partial charge in [-0.1, -0.05) is 30.4 Å². The van der Waals surface area contributed by atoms with Crippen molar-refractivity contribution in [3.63, 3.8) is 0 Å². The highest BCUT2D eigenvalue weighted by molar-refractivity contribution is 7.22. The molecule has 3 aromatic rings. The molecule has 0 amide bonds. The number of fused-ring (bicyclic) bond motifs is 1. The molecule has 1 fully saturated rings. The summed E-state index contributed by atoms with van der Waals surface area (Å²) in [6.07, 6.45) is 1.18. The van der Waals surface area contributed by atoms with Crippen LogP contribution in [0.4, 0.5) is 9.52 Å². The molecule has 2 heterocycles. The van der Waals surface area contributed by atoms with Crippen LogP contribution in [0.25, 0.3) is 10.2 Å². The first-order chi connectivity index (χ1) is 13.7. The molecule has 148 valence electrons. The van der Waals surface area contributed by atoms with E-state index in [4.69, 9.17) is 4.74 Å². The number of para-hydroxylation sites is 1. The average Bonchev–Trinajstić information content (AvgIpc) is 3.12. The molecular weight excluding hydrogens is 373 g/mol. The molecule has 1 aliphatic rings. The third-order valence-electron chi connectivity index (χ3n) is 5.47. The van der Waals surface area contributed by atoms with Gasteiger partial charge in [-0.2, -0.15) is 0 Å². The molecule has 0 spiro atoms. The van der Waals surface area contributed by atoms with Gasteiger partial charge in [0.15, 0.2) is 5.13 Å². The van der Waals surface area contributed by atoms with E-state index in [0.29, 0.717) is 18.4 Å². The van der Waals surface area contributed by atoms with Gasteiger partial charge in [-0.05, 0) is 61.2 Å². The Hall–Kier alpha value is -2.18. The van der Waals surface area contributed by atoms with E-state index in [1.165, 1.54) is 23.3 Å². The predicted molar refractivity (Wildman–Crippen MR) is 114 cm³/mol. The van der Waals surface area contributed by atoms with Crippen LogP contribution in [0.5, 0.6) is 5.75 Å². The van der Waals surface area contributed by atoms with E-state index in [1.807, 2.05) is 6.07 Å². The third-order valence-corrected chi connectivity index (χ3v) is 6.46. The molecule has 0 saturated carbocycles. The number of ether oxygens (including phenoxy) is 1. The number of piperidine rings is 1. The van der Waals surface area contributed by atoms with E-state index in [1.54, 1.807) is 23.5 Å². The van der Waals surface area contributed by atoms with Gasteiger partial charge in [-0.15, -0.1) is 0 Å². The van der Waals surface area contributed by atoms with Gasteiger partial charge < -0.3 is 10.1 Å². The molecule has 2 unspecified atom stereocenters. The smallest absolute Gasteiger partial charge is 0.183 e. The minimum absolute atomic E-state index is 0.234. The fourth-order valence-electron chi connectivity index (χ4n) is 3.78. The lowest BCUT2D eigenvalue weighted by molar-refractivity contribution is 0.117. The summed E-state index contributed by atoms with van der Waals surface area (Å²) in [5.74, 6) is 1.77. The number of rotatable bonds is 7. The van der Waals surface area contributed by atoms with Gasteiger partial charge in [0.05, 0.1) is 10.2 Å². The summed E-state index contributed by atoms with van der Waals surface area (Å²) in [6, 6.07) is 14.5. The average molecular weight is 400 g/mol. The van der Waals surface area contributed by atoms with Crippen LogP contribution in [0.1, 0.15) is 13.3 Å². The zero-order chi connectivity index (χ0) is 19.3. The Morgan fingerprint density at radius 1 is 1.21 bits per heavy atom. The number of anilines is 1. The molecule has 2 atom stereocenters. The molecule has 4 rings (SSSR count). The van der Waals surface area contributed by atoms with Crippen molar-refractivity contribution in [2.45, 2.75) is 13.3 Å². The van der Waals surface area contributed by atoms with Crippen LogP contribution in [-0.4, -0.2) is 42.7 Å². The summed E-state index contributed by atoms with van der Waals surface area (Å²) in [7, 11) is 0. The predicted octanol–water partition coefficient (Wildman–Crippen LogP) is 4.88. The maximum atomic E-state index is 12.9. The van der Waals surface area contributed by atoms with Crippen LogP contribution in [-0.2, 0) is 0 Å². The second kappa shape index (κ2) is 8.88. The standard InChI is InChI=1S/C22H26FN3OS/c1-16-15-26(12-13-27-19-8-6-18(23)7-9-19)11-10-17(16)14-24-22-25-20-4-2-3-5-21(20)28-22/h2-9,16-17H,10-15H2,1H3,(H,24,25). The molecule has 0 aliphatic carbocycles. The van der Waals surface area contributed by atoms with Gasteiger partial charge in [0.2, 0.25) is 0 Å². The van der Waals surface area contributed by atoms with Crippen molar-refractivity contribution in [1.29, 1.82) is 0 Å². The molecule has 1 saturated heterocycles. The fraction of sp³-hybridized carbons (Fsp3) is 0.409. The Morgan fingerprint density at radius 2 is 2.04 bits per heavy atom. The highest BCUT2D eigenvalue weighted by Crippen LogP contribution is 2.28. The number of benzene rings is 2. The van der Waals surface area contributed by atoms with Crippen LogP contribution >= 0.6 is 11.3 Å². The van der Waals surface area contributed by atoms with Crippen LogP contribution in [0.3, 0.4) is 0 Å². The minimum Gasteiger partial charge on any atom is -0.492 e. The van der Waals surface area contributed by atoms with Gasteiger partial charge in [-0.3, -0.25) is 4.90 Å². The summed E-state index contributed by atoms with van der Waals surface area (Å²) < 4.78 is 19.9. The quantitative estimate of drug-likeness (QED) is 0.614. The number of aromatic nitrogens is 1. The van der Waals surface area contributed by atoms with Gasteiger partial charge in [0.1, 0.15) is 18.2 Å². The van der Waals surface area contributed by atoms with Crippen molar-refractivity contribution in [2.24, 2.45) is 11.8 Å². The van der Waals surface area contributed by atoms with Crippen LogP contribution in [0, 0.1) is 17.7 Å². The summed E-state index contributed by atoms with van der Waals surface area (Å²) in [5, 5.41) is 4.57. The van der Waals surface area contributed by atoms with Crippen molar-refractivity contribution in [2.75, 3.05) is 38.1 Å². The number of nitrogens with one attached hydrogen (secondary N) is 1. The Labute approximate surface area is 169 Å². The highest BCUT2D eigenvalue weighted by atomic mass is 32.1. The van der Waals surface area contributed by atoms with E-state index in [2.05, 4.69) is 40.3 Å². The van der Waals surface area contributed by atoms with E-state index >= 15 is 0 Å². The molecule has 1 N–H and O–H groups in total. The first kappa shape index (κ1) is 19.2. The van der Waals surface area contributed by atoms with E-state index < -0.39 is 0 Å². The summed E-state index contributed by atoms with van der Waals surface area (Å²) >= 11 is 1.72. The lowest BCUT2D eigenvalue weighted by Crippen LogP contribution is -2.43. The fourth-order valence-corrected chi connectivity index (χ4v) is 4.65. The Kier molecular flexibility index (Phi) is 6.07. The monoisotopic (exact) mass is 399 g/mol. The maximum Gasteiger partial charge on any atom is 0.183 e. The summed E-state index contributed by atoms with van der Waals surface area (Å²) in [4.78, 5) is 7.13. The van der Waals surface area contributed by atoms with Gasteiger partial charge in [0.25, 0.3) is 0 Å². The number of nitrogens with zero attached hydrogens (tertiary/aromatic N) is 2. The molecule has 2 aromatic carbocycles. The molecule has 6 heteroatoms. The van der Waals surface area contributed by atoms with Gasteiger partial charge in [-0.25, -0.2) is 9.37 Å². The summed E-state index contributed by atoms with van der Waals surface area (Å²) in [5.41, 5.74) is 1.07. The molecule has 0 radical (unpaired) electrons. The molecule has 28 heavy (non-hydrogen) atoms. The van der Waals surface area contributed by atoms with Crippen LogP contribution in [0.15, 0.2) is 48.5 Å². The van der Waals surface area contributed by atoms with E-state index in [-0.39, 0.29) is 5.82 Å². The SMILES string of the molecule is CC1CN(CCOc2ccc(F)cc2)CCC1CNc1nc2ccccc2s1. The molecule has 1 aromatic heterocycles. The van der Waals surface area contributed by atoms with Crippen molar-refractivity contribution in [3.05, 3.63) is 54.3 Å². The lowest BCUT2D eigenvalue weighted by Gasteiger charge is -2.36. The van der Waals surface area contributed by atoms with Crippen molar-refractivity contribution >= 4 is 26.7 Å². The Morgan fingerprint density at radius 3 is 2.82 bits per heavy atom. The van der Waals surface area contributed by atoms with Gasteiger partial charge in [0, 0.05) is 19.6 Å². The number of hydrogen-bond acceptors (Lipinski definition) is 5. The van der Waals surface area contributed by atoms with Crippen molar-refractivity contribution in [1.82, 2.24) is 9.88 Å². The highest BCUT2D eigenvalue weighted by Gasteiger charge is 2.26. The minimum atomic E-state index is -0.234. The second-order valence-corrected chi connectivity index (χ2v) is 8.53. The molecule has 4 nitrogen and oxygen atoms in total. The normalized spacial score (nSPS) is 20.4. The third kappa shape index (κ3) is 4.80. The van der Waals surface area contributed by atoms with E-state index in [0.717, 1.165) is 42.6 Å². The number of halogens is 1.